The third-order valence-electron chi connectivity index (χ3n) is 3.94. The molecule has 0 radical (unpaired) electrons. The topological polar surface area (TPSA) is 67.4 Å². The van der Waals surface area contributed by atoms with Crippen molar-refractivity contribution < 1.29 is 14.3 Å². The van der Waals surface area contributed by atoms with E-state index >= 15 is 0 Å². The van der Waals surface area contributed by atoms with Gasteiger partial charge in [0.15, 0.2) is 0 Å². The predicted octanol–water partition coefficient (Wildman–Crippen LogP) is 0.742. The monoisotopic (exact) mass is 290 g/mol. The van der Waals surface area contributed by atoms with Crippen LogP contribution in [0.2, 0.25) is 0 Å². The molecule has 5 heteroatoms. The number of methoxy groups -OCH3 is 1. The predicted molar refractivity (Wildman–Crippen MR) is 79.6 cm³/mol. The van der Waals surface area contributed by atoms with Crippen molar-refractivity contribution in [2.75, 3.05) is 20.2 Å². The molecule has 1 heterocycles. The van der Waals surface area contributed by atoms with Crippen LogP contribution in [0.25, 0.3) is 0 Å². The van der Waals surface area contributed by atoms with Crippen molar-refractivity contribution in [1.82, 2.24) is 10.6 Å². The van der Waals surface area contributed by atoms with Crippen molar-refractivity contribution in [2.45, 2.75) is 19.4 Å². The van der Waals surface area contributed by atoms with Gasteiger partial charge >= 0.3 is 5.97 Å². The Morgan fingerprint density at radius 3 is 2.62 bits per heavy atom. The quantitative estimate of drug-likeness (QED) is 0.785. The number of amides is 1. The lowest BCUT2D eigenvalue weighted by Crippen LogP contribution is -2.46. The first-order valence-electron chi connectivity index (χ1n) is 7.24. The fraction of sp³-hybridized carbons (Fsp3) is 0.500. The van der Waals surface area contributed by atoms with E-state index in [9.17, 15) is 9.59 Å². The first-order valence-corrected chi connectivity index (χ1v) is 7.24. The fourth-order valence-corrected chi connectivity index (χ4v) is 2.63. The van der Waals surface area contributed by atoms with E-state index in [2.05, 4.69) is 10.6 Å². The van der Waals surface area contributed by atoms with Gasteiger partial charge in [0.1, 0.15) is 6.04 Å². The second-order valence-electron chi connectivity index (χ2n) is 5.52. The highest BCUT2D eigenvalue weighted by molar-refractivity contribution is 5.86. The molecule has 0 aromatic heterocycles. The molecule has 5 nitrogen and oxygen atoms in total. The van der Waals surface area contributed by atoms with E-state index in [0.29, 0.717) is 13.0 Å². The Morgan fingerprint density at radius 2 is 2.05 bits per heavy atom. The van der Waals surface area contributed by atoms with E-state index < -0.39 is 12.0 Å². The molecular formula is C16H22N2O3. The number of hydrogen-bond donors (Lipinski definition) is 2. The second kappa shape index (κ2) is 7.22. The fourth-order valence-electron chi connectivity index (χ4n) is 2.63. The summed E-state index contributed by atoms with van der Waals surface area (Å²) in [7, 11) is 1.34. The van der Waals surface area contributed by atoms with E-state index in [4.69, 9.17) is 4.74 Å². The van der Waals surface area contributed by atoms with E-state index in [-0.39, 0.29) is 17.7 Å². The first kappa shape index (κ1) is 15.5. The number of esters is 1. The van der Waals surface area contributed by atoms with Crippen LogP contribution in [0.1, 0.15) is 12.5 Å². The lowest BCUT2D eigenvalue weighted by molar-refractivity contribution is -0.145. The zero-order valence-corrected chi connectivity index (χ0v) is 12.5. The number of nitrogens with one attached hydrogen (secondary N) is 2. The van der Waals surface area contributed by atoms with Crippen LogP contribution in [0, 0.1) is 11.8 Å². The van der Waals surface area contributed by atoms with Crippen LogP contribution in [-0.2, 0) is 20.7 Å². The Bertz CT molecular complexity index is 490. The molecule has 1 aromatic carbocycles. The SMILES string of the molecule is COC(=O)C(Cc1ccccc1)NC(=O)[C@@H]1CNC[C@H]1C. The van der Waals surface area contributed by atoms with Crippen LogP contribution in [0.15, 0.2) is 30.3 Å². The van der Waals surface area contributed by atoms with Crippen molar-refractivity contribution >= 4 is 11.9 Å². The number of carbonyl (C=O) groups excluding carboxylic acids is 2. The molecule has 1 unspecified atom stereocenters. The molecule has 114 valence electrons. The molecular weight excluding hydrogens is 268 g/mol. The minimum absolute atomic E-state index is 0.0844. The maximum atomic E-state index is 12.3. The lowest BCUT2D eigenvalue weighted by atomic mass is 9.96. The van der Waals surface area contributed by atoms with Gasteiger partial charge in [-0.25, -0.2) is 4.79 Å². The summed E-state index contributed by atoms with van der Waals surface area (Å²) in [6, 6.07) is 8.96. The van der Waals surface area contributed by atoms with Gasteiger partial charge < -0.3 is 15.4 Å². The molecule has 2 rings (SSSR count). The normalized spacial score (nSPS) is 22.6. The van der Waals surface area contributed by atoms with E-state index in [1.54, 1.807) is 0 Å². The van der Waals surface area contributed by atoms with Crippen LogP contribution in [0.4, 0.5) is 0 Å². The Balaban J connectivity index is 2.02. The highest BCUT2D eigenvalue weighted by atomic mass is 16.5. The largest absolute Gasteiger partial charge is 0.467 e. The molecule has 1 amide bonds. The van der Waals surface area contributed by atoms with E-state index in [0.717, 1.165) is 12.1 Å². The summed E-state index contributed by atoms with van der Waals surface area (Å²) >= 11 is 0. The van der Waals surface area contributed by atoms with Gasteiger partial charge in [-0.3, -0.25) is 4.79 Å². The molecule has 0 spiro atoms. The van der Waals surface area contributed by atoms with Crippen molar-refractivity contribution in [1.29, 1.82) is 0 Å². The molecule has 0 saturated carbocycles. The molecule has 21 heavy (non-hydrogen) atoms. The molecule has 1 saturated heterocycles. The Labute approximate surface area is 125 Å². The molecule has 1 fully saturated rings. The van der Waals surface area contributed by atoms with Gasteiger partial charge in [-0.15, -0.1) is 0 Å². The van der Waals surface area contributed by atoms with E-state index in [1.165, 1.54) is 7.11 Å². The minimum atomic E-state index is -0.641. The van der Waals surface area contributed by atoms with Crippen molar-refractivity contribution in [3.63, 3.8) is 0 Å². The summed E-state index contributed by atoms with van der Waals surface area (Å²) in [5.41, 5.74) is 0.991. The van der Waals surface area contributed by atoms with Gasteiger partial charge in [0, 0.05) is 13.0 Å². The molecule has 1 aromatic rings. The van der Waals surface area contributed by atoms with Gasteiger partial charge in [-0.05, 0) is 18.0 Å². The van der Waals surface area contributed by atoms with Gasteiger partial charge in [0.05, 0.1) is 13.0 Å². The van der Waals surface area contributed by atoms with Crippen molar-refractivity contribution in [3.8, 4) is 0 Å². The summed E-state index contributed by atoms with van der Waals surface area (Å²) in [4.78, 5) is 24.2. The van der Waals surface area contributed by atoms with Gasteiger partial charge in [-0.1, -0.05) is 37.3 Å². The molecule has 2 N–H and O–H groups in total. The Kier molecular flexibility index (Phi) is 5.33. The third-order valence-corrected chi connectivity index (χ3v) is 3.94. The van der Waals surface area contributed by atoms with E-state index in [1.807, 2.05) is 37.3 Å². The van der Waals surface area contributed by atoms with Gasteiger partial charge in [0.2, 0.25) is 5.91 Å². The summed E-state index contributed by atoms with van der Waals surface area (Å²) in [5.74, 6) is -0.308. The highest BCUT2D eigenvalue weighted by Gasteiger charge is 2.32. The van der Waals surface area contributed by atoms with Crippen LogP contribution in [0.5, 0.6) is 0 Å². The summed E-state index contributed by atoms with van der Waals surface area (Å²) in [6.45, 7) is 3.53. The number of benzene rings is 1. The first-order chi connectivity index (χ1) is 10.1. The standard InChI is InChI=1S/C16H22N2O3/c1-11-9-17-10-13(11)15(19)18-14(16(20)21-2)8-12-6-4-3-5-7-12/h3-7,11,13-14,17H,8-10H2,1-2H3,(H,18,19)/t11-,13-,14?/m1/s1. The maximum Gasteiger partial charge on any atom is 0.328 e. The minimum Gasteiger partial charge on any atom is -0.467 e. The Hall–Kier alpha value is -1.88. The average molecular weight is 290 g/mol. The zero-order chi connectivity index (χ0) is 15.2. The average Bonchev–Trinajstić information content (AvgIpc) is 2.93. The number of carbonyl (C=O) groups is 2. The smallest absolute Gasteiger partial charge is 0.328 e. The van der Waals surface area contributed by atoms with Gasteiger partial charge in [-0.2, -0.15) is 0 Å². The summed E-state index contributed by atoms with van der Waals surface area (Å²) in [6.07, 6.45) is 0.438. The summed E-state index contributed by atoms with van der Waals surface area (Å²) in [5, 5.41) is 6.03. The molecule has 1 aliphatic heterocycles. The van der Waals surface area contributed by atoms with Crippen molar-refractivity contribution in [2.24, 2.45) is 11.8 Å². The molecule has 1 aliphatic rings. The maximum absolute atomic E-state index is 12.3. The molecule has 0 bridgehead atoms. The zero-order valence-electron chi connectivity index (χ0n) is 12.5. The summed E-state index contributed by atoms with van der Waals surface area (Å²) < 4.78 is 4.81. The number of ether oxygens (including phenoxy) is 1. The Morgan fingerprint density at radius 1 is 1.33 bits per heavy atom. The van der Waals surface area contributed by atoms with Crippen LogP contribution in [0.3, 0.4) is 0 Å². The molecule has 0 aliphatic carbocycles. The highest BCUT2D eigenvalue weighted by Crippen LogP contribution is 2.16. The second-order valence-corrected chi connectivity index (χ2v) is 5.52. The third kappa shape index (κ3) is 4.04. The van der Waals surface area contributed by atoms with Crippen LogP contribution in [-0.4, -0.2) is 38.1 Å². The number of hydrogen-bond acceptors (Lipinski definition) is 4. The van der Waals surface area contributed by atoms with Crippen LogP contribution < -0.4 is 10.6 Å². The lowest BCUT2D eigenvalue weighted by Gasteiger charge is -2.20. The van der Waals surface area contributed by atoms with Gasteiger partial charge in [0.25, 0.3) is 0 Å². The van der Waals surface area contributed by atoms with Crippen LogP contribution >= 0.6 is 0 Å². The van der Waals surface area contributed by atoms with Crippen molar-refractivity contribution in [3.05, 3.63) is 35.9 Å². The molecule has 3 atom stereocenters. The number of rotatable bonds is 5.